The summed E-state index contributed by atoms with van der Waals surface area (Å²) in [5.74, 6) is -0.244. The molecule has 0 aliphatic heterocycles. The van der Waals surface area contributed by atoms with Crippen LogP contribution in [0.1, 0.15) is 19.4 Å². The van der Waals surface area contributed by atoms with E-state index in [1.165, 1.54) is 25.3 Å². The highest BCUT2D eigenvalue weighted by molar-refractivity contribution is 5.84. The molecule has 23 heavy (non-hydrogen) atoms. The highest BCUT2D eigenvalue weighted by Gasteiger charge is 2.32. The summed E-state index contributed by atoms with van der Waals surface area (Å²) in [4.78, 5) is 22.9. The lowest BCUT2D eigenvalue weighted by atomic mass is 9.85. The quantitative estimate of drug-likeness (QED) is 0.365. The monoisotopic (exact) mass is 315 g/mol. The Morgan fingerprint density at radius 2 is 1.74 bits per heavy atom. The number of nitro benzene ring substituents is 1. The molecular weight excluding hydrogens is 298 g/mol. The van der Waals surface area contributed by atoms with E-state index in [0.29, 0.717) is 0 Å². The number of esters is 1. The molecule has 0 heterocycles. The number of non-ortho nitro benzene ring substituents is 1. The summed E-state index contributed by atoms with van der Waals surface area (Å²) in [6.45, 7) is 3.46. The van der Waals surface area contributed by atoms with E-state index in [0.717, 1.165) is 5.56 Å². The van der Waals surface area contributed by atoms with Gasteiger partial charge in [0.15, 0.2) is 11.5 Å². The fraction of sp³-hybridized carbons (Fsp3) is 0.235. The number of hydrogen-bond acceptors (Lipinski definition) is 5. The van der Waals surface area contributed by atoms with Gasteiger partial charge in [0.25, 0.3) is 5.69 Å². The van der Waals surface area contributed by atoms with Crippen LogP contribution in [0.4, 0.5) is 5.69 Å². The summed E-state index contributed by atoms with van der Waals surface area (Å²) in [5, 5.41) is 10.9. The first-order valence-electron chi connectivity index (χ1n) is 6.96. The van der Waals surface area contributed by atoms with Gasteiger partial charge in [-0.05, 0) is 25.5 Å². The molecule has 0 radical (unpaired) electrons. The second kappa shape index (κ2) is 6.48. The van der Waals surface area contributed by atoms with E-state index in [2.05, 4.69) is 0 Å². The van der Waals surface area contributed by atoms with Gasteiger partial charge in [-0.25, -0.2) is 0 Å². The molecule has 0 atom stereocenters. The third-order valence-corrected chi connectivity index (χ3v) is 3.57. The summed E-state index contributed by atoms with van der Waals surface area (Å²) in [6.07, 6.45) is 0. The number of carbonyl (C=O) groups excluding carboxylic acids is 1. The number of methoxy groups -OCH3 is 1. The van der Waals surface area contributed by atoms with E-state index in [1.54, 1.807) is 13.8 Å². The Balaban J connectivity index is 2.32. The molecule has 120 valence electrons. The van der Waals surface area contributed by atoms with Crippen molar-refractivity contribution in [2.45, 2.75) is 19.3 Å². The van der Waals surface area contributed by atoms with Gasteiger partial charge < -0.3 is 9.47 Å². The van der Waals surface area contributed by atoms with Crippen molar-refractivity contribution in [3.05, 3.63) is 64.2 Å². The highest BCUT2D eigenvalue weighted by Crippen LogP contribution is 2.33. The molecule has 0 saturated heterocycles. The number of carbonyl (C=O) groups is 1. The second-order valence-electron chi connectivity index (χ2n) is 5.47. The van der Waals surface area contributed by atoms with Gasteiger partial charge in [-0.2, -0.15) is 0 Å². The topological polar surface area (TPSA) is 78.7 Å². The van der Waals surface area contributed by atoms with E-state index in [4.69, 9.17) is 9.47 Å². The molecule has 0 aliphatic rings. The zero-order valence-electron chi connectivity index (χ0n) is 13.1. The average Bonchev–Trinajstić information content (AvgIpc) is 2.55. The lowest BCUT2D eigenvalue weighted by Gasteiger charge is -2.23. The van der Waals surface area contributed by atoms with Crippen LogP contribution in [0.5, 0.6) is 11.5 Å². The third kappa shape index (κ3) is 3.48. The Bertz CT molecular complexity index is 725. The predicted molar refractivity (Wildman–Crippen MR) is 84.8 cm³/mol. The first kappa shape index (κ1) is 16.5. The first-order chi connectivity index (χ1) is 10.9. The lowest BCUT2D eigenvalue weighted by molar-refractivity contribution is -0.384. The molecule has 0 N–H and O–H groups in total. The molecule has 0 bridgehead atoms. The van der Waals surface area contributed by atoms with Crippen LogP contribution in [0.3, 0.4) is 0 Å². The van der Waals surface area contributed by atoms with Crippen LogP contribution in [0, 0.1) is 10.1 Å². The van der Waals surface area contributed by atoms with Gasteiger partial charge >= 0.3 is 5.97 Å². The molecule has 0 fully saturated rings. The Morgan fingerprint density at radius 3 is 2.30 bits per heavy atom. The van der Waals surface area contributed by atoms with Crippen molar-refractivity contribution in [2.24, 2.45) is 0 Å². The zero-order valence-corrected chi connectivity index (χ0v) is 13.1. The number of ether oxygens (including phenoxy) is 2. The normalized spacial score (nSPS) is 10.9. The molecule has 2 aromatic carbocycles. The Labute approximate surface area is 133 Å². The maximum Gasteiger partial charge on any atom is 0.321 e. The number of hydrogen-bond donors (Lipinski definition) is 0. The highest BCUT2D eigenvalue weighted by atomic mass is 16.6. The fourth-order valence-electron chi connectivity index (χ4n) is 2.06. The minimum absolute atomic E-state index is 0.0238. The summed E-state index contributed by atoms with van der Waals surface area (Å²) in [6, 6.07) is 13.0. The molecule has 0 saturated carbocycles. The van der Waals surface area contributed by atoms with Gasteiger partial charge in [-0.1, -0.05) is 30.3 Å². The van der Waals surface area contributed by atoms with E-state index in [-0.39, 0.29) is 17.2 Å². The predicted octanol–water partition coefficient (Wildman–Crippen LogP) is 3.49. The van der Waals surface area contributed by atoms with Crippen molar-refractivity contribution in [2.75, 3.05) is 7.11 Å². The Morgan fingerprint density at radius 1 is 1.09 bits per heavy atom. The summed E-state index contributed by atoms with van der Waals surface area (Å²) >= 11 is 0. The number of nitrogens with zero attached hydrogens (tertiary/aromatic N) is 1. The van der Waals surface area contributed by atoms with E-state index in [9.17, 15) is 14.9 Å². The molecule has 2 rings (SSSR count). The van der Waals surface area contributed by atoms with Crippen molar-refractivity contribution >= 4 is 11.7 Å². The van der Waals surface area contributed by atoms with E-state index >= 15 is 0 Å². The van der Waals surface area contributed by atoms with E-state index < -0.39 is 16.3 Å². The standard InChI is InChI=1S/C17H17NO5/c1-17(2,12-7-5-4-6-8-12)16(19)23-15-11-13(18(20)21)9-10-14(15)22-3/h4-11H,1-3H3. The van der Waals surface area contributed by atoms with Gasteiger partial charge in [0, 0.05) is 6.07 Å². The maximum atomic E-state index is 12.5. The van der Waals surface area contributed by atoms with Gasteiger partial charge in [-0.15, -0.1) is 0 Å². The SMILES string of the molecule is COc1ccc([N+](=O)[O-])cc1OC(=O)C(C)(C)c1ccccc1. The van der Waals surface area contributed by atoms with Crippen molar-refractivity contribution in [1.82, 2.24) is 0 Å². The number of rotatable bonds is 5. The van der Waals surface area contributed by atoms with Crippen molar-refractivity contribution in [3.8, 4) is 11.5 Å². The second-order valence-corrected chi connectivity index (χ2v) is 5.47. The molecular formula is C17H17NO5. The molecule has 2 aromatic rings. The first-order valence-corrected chi connectivity index (χ1v) is 6.96. The van der Waals surface area contributed by atoms with Gasteiger partial charge in [0.2, 0.25) is 0 Å². The van der Waals surface area contributed by atoms with Gasteiger partial charge in [0.05, 0.1) is 23.5 Å². The molecule has 0 aliphatic carbocycles. The molecule has 0 unspecified atom stereocenters. The molecule has 0 amide bonds. The van der Waals surface area contributed by atoms with Crippen LogP contribution in [0.15, 0.2) is 48.5 Å². The van der Waals surface area contributed by atoms with Crippen molar-refractivity contribution < 1.29 is 19.2 Å². The average molecular weight is 315 g/mol. The van der Waals surface area contributed by atoms with Crippen LogP contribution < -0.4 is 9.47 Å². The molecule has 6 nitrogen and oxygen atoms in total. The molecule has 0 spiro atoms. The minimum atomic E-state index is -0.906. The number of nitro groups is 1. The fourth-order valence-corrected chi connectivity index (χ4v) is 2.06. The summed E-state index contributed by atoms with van der Waals surface area (Å²) in [7, 11) is 1.40. The largest absolute Gasteiger partial charge is 0.493 e. The summed E-state index contributed by atoms with van der Waals surface area (Å²) < 4.78 is 10.5. The van der Waals surface area contributed by atoms with Crippen LogP contribution in [-0.2, 0) is 10.2 Å². The zero-order chi connectivity index (χ0) is 17.0. The van der Waals surface area contributed by atoms with Gasteiger partial charge in [-0.3, -0.25) is 14.9 Å². The van der Waals surface area contributed by atoms with Crippen molar-refractivity contribution in [1.29, 1.82) is 0 Å². The molecule has 0 aromatic heterocycles. The third-order valence-electron chi connectivity index (χ3n) is 3.57. The Hall–Kier alpha value is -2.89. The summed E-state index contributed by atoms with van der Waals surface area (Å²) in [5.41, 5.74) is -0.294. The van der Waals surface area contributed by atoms with E-state index in [1.807, 2.05) is 30.3 Å². The van der Waals surface area contributed by atoms with Crippen LogP contribution in [-0.4, -0.2) is 18.0 Å². The lowest BCUT2D eigenvalue weighted by Crippen LogP contribution is -2.33. The smallest absolute Gasteiger partial charge is 0.321 e. The number of benzene rings is 2. The minimum Gasteiger partial charge on any atom is -0.493 e. The van der Waals surface area contributed by atoms with Crippen LogP contribution in [0.25, 0.3) is 0 Å². The van der Waals surface area contributed by atoms with Gasteiger partial charge in [0.1, 0.15) is 0 Å². The maximum absolute atomic E-state index is 12.5. The molecule has 6 heteroatoms. The van der Waals surface area contributed by atoms with Crippen molar-refractivity contribution in [3.63, 3.8) is 0 Å². The Kier molecular flexibility index (Phi) is 4.64. The van der Waals surface area contributed by atoms with Crippen LogP contribution in [0.2, 0.25) is 0 Å². The van der Waals surface area contributed by atoms with Crippen LogP contribution >= 0.6 is 0 Å².